The molecule has 0 saturated heterocycles. The lowest BCUT2D eigenvalue weighted by atomic mass is 10.1. The second kappa shape index (κ2) is 5.90. The fourth-order valence-corrected chi connectivity index (χ4v) is 2.57. The van der Waals surface area contributed by atoms with E-state index in [9.17, 15) is 15.0 Å². The fraction of sp³-hybridized carbons (Fsp3) is 0.105. The number of para-hydroxylation sites is 2. The summed E-state index contributed by atoms with van der Waals surface area (Å²) in [5.74, 6) is 0.313. The molecule has 0 spiro atoms. The molecule has 0 amide bonds. The van der Waals surface area contributed by atoms with Gasteiger partial charge in [0, 0.05) is 22.3 Å². The molecule has 0 radical (unpaired) electrons. The number of benzene rings is 2. The zero-order valence-corrected chi connectivity index (χ0v) is 12.0. The first-order valence-electron chi connectivity index (χ1n) is 7.17. The SMILES string of the molecule is O=C1C(=Cc2ccccc2O)CCC1=Cc1ccccc1O. The van der Waals surface area contributed by atoms with E-state index >= 15 is 0 Å². The van der Waals surface area contributed by atoms with E-state index in [0.717, 1.165) is 0 Å². The Morgan fingerprint density at radius 1 is 0.727 bits per heavy atom. The molecule has 0 aliphatic heterocycles. The van der Waals surface area contributed by atoms with Crippen LogP contribution in [0.25, 0.3) is 12.2 Å². The van der Waals surface area contributed by atoms with E-state index in [2.05, 4.69) is 0 Å². The maximum absolute atomic E-state index is 12.4. The predicted molar refractivity (Wildman–Crippen MR) is 86.4 cm³/mol. The maximum atomic E-state index is 12.4. The van der Waals surface area contributed by atoms with Gasteiger partial charge in [0.2, 0.25) is 0 Å². The van der Waals surface area contributed by atoms with E-state index in [1.807, 2.05) is 12.1 Å². The first kappa shape index (κ1) is 14.1. The van der Waals surface area contributed by atoms with Gasteiger partial charge in [0.25, 0.3) is 0 Å². The van der Waals surface area contributed by atoms with Gasteiger partial charge in [-0.1, -0.05) is 36.4 Å². The van der Waals surface area contributed by atoms with Gasteiger partial charge in [-0.3, -0.25) is 4.79 Å². The van der Waals surface area contributed by atoms with E-state index in [0.29, 0.717) is 35.1 Å². The number of carbonyl (C=O) groups is 1. The summed E-state index contributed by atoms with van der Waals surface area (Å²) in [6.45, 7) is 0. The highest BCUT2D eigenvalue weighted by Gasteiger charge is 2.23. The zero-order valence-electron chi connectivity index (χ0n) is 12.0. The van der Waals surface area contributed by atoms with Gasteiger partial charge in [0.1, 0.15) is 11.5 Å². The number of hydrogen-bond acceptors (Lipinski definition) is 3. The Morgan fingerprint density at radius 2 is 1.14 bits per heavy atom. The van der Waals surface area contributed by atoms with Crippen LogP contribution in [0.3, 0.4) is 0 Å². The van der Waals surface area contributed by atoms with Gasteiger partial charge in [-0.2, -0.15) is 0 Å². The number of allylic oxidation sites excluding steroid dienone is 2. The van der Waals surface area contributed by atoms with Gasteiger partial charge >= 0.3 is 0 Å². The smallest absolute Gasteiger partial charge is 0.185 e. The van der Waals surface area contributed by atoms with Crippen LogP contribution >= 0.6 is 0 Å². The van der Waals surface area contributed by atoms with Crippen LogP contribution in [0, 0.1) is 0 Å². The lowest BCUT2D eigenvalue weighted by Gasteiger charge is -2.01. The Kier molecular flexibility index (Phi) is 3.79. The number of ketones is 1. The lowest BCUT2D eigenvalue weighted by molar-refractivity contribution is -0.111. The number of phenols is 2. The Balaban J connectivity index is 1.90. The molecule has 0 heterocycles. The number of Topliss-reactive ketones (excluding diaryl/α,β-unsaturated/α-hetero) is 1. The molecule has 3 heteroatoms. The van der Waals surface area contributed by atoms with Gasteiger partial charge in [0.15, 0.2) is 5.78 Å². The minimum atomic E-state index is -0.0218. The Bertz CT molecular complexity index is 719. The van der Waals surface area contributed by atoms with Crippen LogP contribution in [0.1, 0.15) is 24.0 Å². The molecule has 0 bridgehead atoms. The highest BCUT2D eigenvalue weighted by atomic mass is 16.3. The lowest BCUT2D eigenvalue weighted by Crippen LogP contribution is -1.95. The highest BCUT2D eigenvalue weighted by Crippen LogP contribution is 2.32. The van der Waals surface area contributed by atoms with Crippen molar-refractivity contribution in [1.82, 2.24) is 0 Å². The van der Waals surface area contributed by atoms with Gasteiger partial charge in [-0.05, 0) is 37.1 Å². The average Bonchev–Trinajstić information content (AvgIpc) is 2.85. The van der Waals surface area contributed by atoms with E-state index in [1.54, 1.807) is 48.6 Å². The van der Waals surface area contributed by atoms with Crippen LogP contribution in [0.5, 0.6) is 11.5 Å². The molecule has 110 valence electrons. The van der Waals surface area contributed by atoms with Crippen LogP contribution in [0.4, 0.5) is 0 Å². The van der Waals surface area contributed by atoms with Crippen molar-refractivity contribution in [2.45, 2.75) is 12.8 Å². The minimum Gasteiger partial charge on any atom is -0.507 e. The third kappa shape index (κ3) is 2.79. The molecule has 2 N–H and O–H groups in total. The number of hydrogen-bond donors (Lipinski definition) is 2. The largest absolute Gasteiger partial charge is 0.507 e. The van der Waals surface area contributed by atoms with Crippen molar-refractivity contribution in [3.8, 4) is 11.5 Å². The molecule has 0 unspecified atom stereocenters. The molecule has 2 aromatic rings. The molecule has 1 fully saturated rings. The van der Waals surface area contributed by atoms with Crippen molar-refractivity contribution in [1.29, 1.82) is 0 Å². The van der Waals surface area contributed by atoms with Gasteiger partial charge in [0.05, 0.1) is 0 Å². The van der Waals surface area contributed by atoms with Crippen LogP contribution < -0.4 is 0 Å². The highest BCUT2D eigenvalue weighted by molar-refractivity contribution is 6.15. The molecular formula is C19H16O3. The average molecular weight is 292 g/mol. The van der Waals surface area contributed by atoms with Crippen LogP contribution in [0.2, 0.25) is 0 Å². The summed E-state index contributed by atoms with van der Waals surface area (Å²) in [7, 11) is 0. The molecular weight excluding hydrogens is 276 g/mol. The summed E-state index contributed by atoms with van der Waals surface area (Å²) in [6, 6.07) is 13.9. The van der Waals surface area contributed by atoms with E-state index in [4.69, 9.17) is 0 Å². The molecule has 3 rings (SSSR count). The topological polar surface area (TPSA) is 57.5 Å². The minimum absolute atomic E-state index is 0.0218. The van der Waals surface area contributed by atoms with Crippen LogP contribution in [-0.4, -0.2) is 16.0 Å². The molecule has 0 aromatic heterocycles. The first-order chi connectivity index (χ1) is 10.6. The van der Waals surface area contributed by atoms with Gasteiger partial charge in [-0.15, -0.1) is 0 Å². The monoisotopic (exact) mass is 292 g/mol. The summed E-state index contributed by atoms with van der Waals surface area (Å²) in [5, 5.41) is 19.6. The molecule has 3 nitrogen and oxygen atoms in total. The molecule has 2 aromatic carbocycles. The summed E-state index contributed by atoms with van der Waals surface area (Å²) in [6.07, 6.45) is 4.77. The van der Waals surface area contributed by atoms with Crippen LogP contribution in [-0.2, 0) is 4.79 Å². The predicted octanol–water partition coefficient (Wildman–Crippen LogP) is 3.93. The van der Waals surface area contributed by atoms with Gasteiger partial charge < -0.3 is 10.2 Å². The molecule has 0 atom stereocenters. The Labute approximate surface area is 128 Å². The normalized spacial score (nSPS) is 18.3. The van der Waals surface area contributed by atoms with E-state index in [-0.39, 0.29) is 17.3 Å². The third-order valence-corrected chi connectivity index (χ3v) is 3.78. The first-order valence-corrected chi connectivity index (χ1v) is 7.17. The fourth-order valence-electron chi connectivity index (χ4n) is 2.57. The molecule has 22 heavy (non-hydrogen) atoms. The number of carbonyl (C=O) groups excluding carboxylic acids is 1. The summed E-state index contributed by atoms with van der Waals surface area (Å²) in [5.41, 5.74) is 2.66. The maximum Gasteiger partial charge on any atom is 0.185 e. The number of rotatable bonds is 2. The second-order valence-electron chi connectivity index (χ2n) is 5.29. The Hall–Kier alpha value is -2.81. The van der Waals surface area contributed by atoms with E-state index < -0.39 is 0 Å². The second-order valence-corrected chi connectivity index (χ2v) is 5.29. The quantitative estimate of drug-likeness (QED) is 0.825. The van der Waals surface area contributed by atoms with Crippen molar-refractivity contribution in [3.05, 3.63) is 70.8 Å². The van der Waals surface area contributed by atoms with Crippen molar-refractivity contribution >= 4 is 17.9 Å². The van der Waals surface area contributed by atoms with Crippen molar-refractivity contribution in [3.63, 3.8) is 0 Å². The zero-order chi connectivity index (χ0) is 15.5. The van der Waals surface area contributed by atoms with Crippen LogP contribution in [0.15, 0.2) is 59.7 Å². The molecule has 1 aliphatic carbocycles. The Morgan fingerprint density at radius 3 is 1.55 bits per heavy atom. The molecule has 1 saturated carbocycles. The van der Waals surface area contributed by atoms with Crippen molar-refractivity contribution in [2.75, 3.05) is 0 Å². The van der Waals surface area contributed by atoms with Crippen molar-refractivity contribution in [2.24, 2.45) is 0 Å². The summed E-state index contributed by atoms with van der Waals surface area (Å²) >= 11 is 0. The summed E-state index contributed by atoms with van der Waals surface area (Å²) < 4.78 is 0. The molecule has 1 aliphatic rings. The summed E-state index contributed by atoms with van der Waals surface area (Å²) in [4.78, 5) is 12.4. The van der Waals surface area contributed by atoms with E-state index in [1.165, 1.54) is 0 Å². The van der Waals surface area contributed by atoms with Crippen molar-refractivity contribution < 1.29 is 15.0 Å². The third-order valence-electron chi connectivity index (χ3n) is 3.78. The number of phenolic OH excluding ortho intramolecular Hbond substituents is 2. The standard InChI is InChI=1S/C19H16O3/c20-17-7-3-1-5-13(17)11-15-9-10-16(19(15)22)12-14-6-2-4-8-18(14)21/h1-8,11-12,20-21H,9-10H2. The van der Waals surface area contributed by atoms with Gasteiger partial charge in [-0.25, -0.2) is 0 Å². The number of aromatic hydroxyl groups is 2.